The topological polar surface area (TPSA) is 41.1 Å². The molecule has 2 rings (SSSR count). The van der Waals surface area contributed by atoms with Crippen LogP contribution in [0.1, 0.15) is 31.7 Å². The average molecular weight is 246 g/mol. The van der Waals surface area contributed by atoms with Gasteiger partial charge in [-0.1, -0.05) is 30.3 Å². The maximum Gasteiger partial charge on any atom is 0.220 e. The summed E-state index contributed by atoms with van der Waals surface area (Å²) in [6.07, 6.45) is 3.43. The van der Waals surface area contributed by atoms with Crippen LogP contribution in [-0.2, 0) is 11.2 Å². The summed E-state index contributed by atoms with van der Waals surface area (Å²) in [6, 6.07) is 10.2. The predicted octanol–water partition coefficient (Wildman–Crippen LogP) is 1.88. The fourth-order valence-electron chi connectivity index (χ4n) is 2.41. The van der Waals surface area contributed by atoms with Gasteiger partial charge in [-0.15, -0.1) is 0 Å². The number of rotatable bonds is 4. The Balaban J connectivity index is 1.78. The highest BCUT2D eigenvalue weighted by Crippen LogP contribution is 2.17. The Hall–Kier alpha value is -1.35. The molecule has 0 unspecified atom stereocenters. The molecule has 1 aliphatic heterocycles. The smallest absolute Gasteiger partial charge is 0.220 e. The fraction of sp³-hybridized carbons (Fsp3) is 0.533. The van der Waals surface area contributed by atoms with Crippen LogP contribution >= 0.6 is 0 Å². The van der Waals surface area contributed by atoms with Crippen LogP contribution in [0.4, 0.5) is 0 Å². The minimum atomic E-state index is -0.0149. The number of amides is 1. The number of carbonyl (C=O) groups is 1. The van der Waals surface area contributed by atoms with Crippen molar-refractivity contribution < 1.29 is 4.79 Å². The lowest BCUT2D eigenvalue weighted by molar-refractivity contribution is -0.123. The van der Waals surface area contributed by atoms with Gasteiger partial charge >= 0.3 is 0 Å². The largest absolute Gasteiger partial charge is 0.351 e. The number of hydrogen-bond acceptors (Lipinski definition) is 2. The number of aryl methyl sites for hydroxylation is 1. The Morgan fingerprint density at radius 1 is 1.28 bits per heavy atom. The van der Waals surface area contributed by atoms with Crippen LogP contribution in [0.2, 0.25) is 0 Å². The third-order valence-electron chi connectivity index (χ3n) is 3.63. The van der Waals surface area contributed by atoms with Crippen molar-refractivity contribution in [3.63, 3.8) is 0 Å². The summed E-state index contributed by atoms with van der Waals surface area (Å²) in [6.45, 7) is 4.14. The van der Waals surface area contributed by atoms with E-state index >= 15 is 0 Å². The quantitative estimate of drug-likeness (QED) is 0.851. The molecule has 0 aromatic heterocycles. The molecule has 98 valence electrons. The zero-order valence-corrected chi connectivity index (χ0v) is 11.0. The van der Waals surface area contributed by atoms with Gasteiger partial charge < -0.3 is 10.6 Å². The lowest BCUT2D eigenvalue weighted by Crippen LogP contribution is -2.52. The summed E-state index contributed by atoms with van der Waals surface area (Å²) < 4.78 is 0. The summed E-state index contributed by atoms with van der Waals surface area (Å²) in [5.41, 5.74) is 1.21. The first kappa shape index (κ1) is 13.1. The maximum absolute atomic E-state index is 12.0. The molecule has 0 saturated carbocycles. The van der Waals surface area contributed by atoms with E-state index in [1.165, 1.54) is 5.56 Å². The minimum absolute atomic E-state index is 0.0149. The lowest BCUT2D eigenvalue weighted by Gasteiger charge is -2.35. The van der Waals surface area contributed by atoms with E-state index in [9.17, 15) is 4.79 Å². The molecule has 0 radical (unpaired) electrons. The molecule has 1 aromatic rings. The third-order valence-corrected chi connectivity index (χ3v) is 3.63. The first-order valence-corrected chi connectivity index (χ1v) is 6.74. The van der Waals surface area contributed by atoms with Crippen molar-refractivity contribution in [1.29, 1.82) is 0 Å². The van der Waals surface area contributed by atoms with Crippen molar-refractivity contribution in [2.75, 3.05) is 13.1 Å². The van der Waals surface area contributed by atoms with Crippen molar-refractivity contribution >= 4 is 5.91 Å². The van der Waals surface area contributed by atoms with Gasteiger partial charge in [0, 0.05) is 12.0 Å². The number of piperidine rings is 1. The highest BCUT2D eigenvalue weighted by atomic mass is 16.1. The first-order chi connectivity index (χ1) is 8.68. The summed E-state index contributed by atoms with van der Waals surface area (Å²) >= 11 is 0. The minimum Gasteiger partial charge on any atom is -0.351 e. The molecule has 1 aromatic carbocycles. The molecule has 1 heterocycles. The van der Waals surface area contributed by atoms with Gasteiger partial charge in [-0.05, 0) is 44.8 Å². The Kier molecular flexibility index (Phi) is 4.37. The van der Waals surface area contributed by atoms with Gasteiger partial charge in [0.2, 0.25) is 5.91 Å². The van der Waals surface area contributed by atoms with Crippen molar-refractivity contribution in [2.24, 2.45) is 0 Å². The van der Waals surface area contributed by atoms with Gasteiger partial charge in [-0.3, -0.25) is 4.79 Å². The molecule has 0 bridgehead atoms. The SMILES string of the molecule is CC1(NC(=O)CCc2ccccc2)CCNCC1. The van der Waals surface area contributed by atoms with Crippen LogP contribution in [0.3, 0.4) is 0 Å². The first-order valence-electron chi connectivity index (χ1n) is 6.74. The Morgan fingerprint density at radius 3 is 2.61 bits per heavy atom. The van der Waals surface area contributed by atoms with Crippen molar-refractivity contribution in [3.8, 4) is 0 Å². The molecule has 3 heteroatoms. The van der Waals surface area contributed by atoms with Crippen molar-refractivity contribution in [3.05, 3.63) is 35.9 Å². The number of carbonyl (C=O) groups excluding carboxylic acids is 1. The summed E-state index contributed by atoms with van der Waals surface area (Å²) in [5, 5.41) is 6.51. The fourth-order valence-corrected chi connectivity index (χ4v) is 2.41. The van der Waals surface area contributed by atoms with Gasteiger partial charge in [0.25, 0.3) is 0 Å². The van der Waals surface area contributed by atoms with E-state index in [1.54, 1.807) is 0 Å². The van der Waals surface area contributed by atoms with Crippen LogP contribution < -0.4 is 10.6 Å². The van der Waals surface area contributed by atoms with E-state index in [2.05, 4.69) is 29.7 Å². The van der Waals surface area contributed by atoms with Gasteiger partial charge in [-0.2, -0.15) is 0 Å². The van der Waals surface area contributed by atoms with Crippen LogP contribution in [0, 0.1) is 0 Å². The molecule has 0 aliphatic carbocycles. The lowest BCUT2D eigenvalue weighted by atomic mass is 9.90. The molecule has 1 aliphatic rings. The maximum atomic E-state index is 12.0. The summed E-state index contributed by atoms with van der Waals surface area (Å²) in [4.78, 5) is 12.0. The number of benzene rings is 1. The molecule has 3 nitrogen and oxygen atoms in total. The summed E-state index contributed by atoms with van der Waals surface area (Å²) in [5.74, 6) is 0.170. The van der Waals surface area contributed by atoms with Gasteiger partial charge in [0.05, 0.1) is 0 Å². The van der Waals surface area contributed by atoms with Crippen LogP contribution in [0.5, 0.6) is 0 Å². The Labute approximate surface area is 109 Å². The van der Waals surface area contributed by atoms with E-state index in [0.29, 0.717) is 6.42 Å². The molecule has 1 saturated heterocycles. The number of nitrogens with one attached hydrogen (secondary N) is 2. The second-order valence-corrected chi connectivity index (χ2v) is 5.34. The number of hydrogen-bond donors (Lipinski definition) is 2. The van der Waals surface area contributed by atoms with Crippen LogP contribution in [-0.4, -0.2) is 24.5 Å². The van der Waals surface area contributed by atoms with Crippen LogP contribution in [0.25, 0.3) is 0 Å². The standard InChI is InChI=1S/C15H22N2O/c1-15(9-11-16-12-10-15)17-14(18)8-7-13-5-3-2-4-6-13/h2-6,16H,7-12H2,1H3,(H,17,18). The molecule has 1 amide bonds. The Bertz CT molecular complexity index is 383. The van der Waals surface area contributed by atoms with Gasteiger partial charge in [0.15, 0.2) is 0 Å². The van der Waals surface area contributed by atoms with Gasteiger partial charge in [0.1, 0.15) is 0 Å². The molecule has 18 heavy (non-hydrogen) atoms. The molecule has 2 N–H and O–H groups in total. The molecule has 0 atom stereocenters. The van der Waals surface area contributed by atoms with E-state index in [0.717, 1.165) is 32.4 Å². The van der Waals surface area contributed by atoms with E-state index in [4.69, 9.17) is 0 Å². The highest BCUT2D eigenvalue weighted by molar-refractivity contribution is 5.77. The van der Waals surface area contributed by atoms with E-state index in [-0.39, 0.29) is 11.4 Å². The monoisotopic (exact) mass is 246 g/mol. The molecular weight excluding hydrogens is 224 g/mol. The second-order valence-electron chi connectivity index (χ2n) is 5.34. The predicted molar refractivity (Wildman–Crippen MR) is 73.4 cm³/mol. The normalized spacial score (nSPS) is 18.3. The summed E-state index contributed by atoms with van der Waals surface area (Å²) in [7, 11) is 0. The van der Waals surface area contributed by atoms with E-state index < -0.39 is 0 Å². The van der Waals surface area contributed by atoms with Crippen molar-refractivity contribution in [2.45, 2.75) is 38.1 Å². The van der Waals surface area contributed by atoms with Gasteiger partial charge in [-0.25, -0.2) is 0 Å². The van der Waals surface area contributed by atoms with E-state index in [1.807, 2.05) is 18.2 Å². The zero-order chi connectivity index (χ0) is 12.8. The molecule has 1 fully saturated rings. The van der Waals surface area contributed by atoms with Crippen LogP contribution in [0.15, 0.2) is 30.3 Å². The highest BCUT2D eigenvalue weighted by Gasteiger charge is 2.27. The average Bonchev–Trinajstić information content (AvgIpc) is 2.38. The molecular formula is C15H22N2O. The Morgan fingerprint density at radius 2 is 1.94 bits per heavy atom. The van der Waals surface area contributed by atoms with Crippen molar-refractivity contribution in [1.82, 2.24) is 10.6 Å². The third kappa shape index (κ3) is 3.84. The second kappa shape index (κ2) is 6.01. The zero-order valence-electron chi connectivity index (χ0n) is 11.0. The molecule has 0 spiro atoms.